The summed E-state index contributed by atoms with van der Waals surface area (Å²) in [4.78, 5) is 17.9. The highest BCUT2D eigenvalue weighted by atomic mass is 19.1. The van der Waals surface area contributed by atoms with Gasteiger partial charge < -0.3 is 15.2 Å². The minimum Gasteiger partial charge on any atom is -0.361 e. The third-order valence-corrected chi connectivity index (χ3v) is 5.57. The smallest absolute Gasteiger partial charge is 0.226 e. The zero-order chi connectivity index (χ0) is 16.5. The predicted octanol–water partition coefficient (Wildman–Crippen LogP) is 3.01. The van der Waals surface area contributed by atoms with Crippen molar-refractivity contribution in [1.82, 2.24) is 15.2 Å². The molecular formula is C19H24FN3O. The Morgan fingerprint density at radius 3 is 2.79 bits per heavy atom. The number of hydrogen-bond donors (Lipinski definition) is 2. The molecule has 0 saturated carbocycles. The van der Waals surface area contributed by atoms with Gasteiger partial charge in [-0.15, -0.1) is 0 Å². The number of rotatable bonds is 2. The Labute approximate surface area is 141 Å². The van der Waals surface area contributed by atoms with E-state index in [0.29, 0.717) is 11.8 Å². The molecule has 1 aromatic heterocycles. The first-order valence-electron chi connectivity index (χ1n) is 8.98. The average Bonchev–Trinajstić information content (AvgIpc) is 3.05. The van der Waals surface area contributed by atoms with Gasteiger partial charge in [0, 0.05) is 36.7 Å². The SMILES string of the molecule is O=C(C1CCCNC1)N1CCC(c2c[nH]c3cc(F)ccc23)CC1. The fraction of sp³-hybridized carbons (Fsp3) is 0.526. The van der Waals surface area contributed by atoms with Gasteiger partial charge in [-0.25, -0.2) is 4.39 Å². The standard InChI is InChI=1S/C19H24FN3O/c20-15-3-4-16-17(12-22-18(16)10-15)13-5-8-23(9-6-13)19(24)14-2-1-7-21-11-14/h3-4,10,12-14,21-22H,1-2,5-9,11H2. The molecule has 1 atom stereocenters. The number of carbonyl (C=O) groups excluding carboxylic acids is 1. The summed E-state index contributed by atoms with van der Waals surface area (Å²) in [5.74, 6) is 0.711. The molecular weight excluding hydrogens is 305 g/mol. The summed E-state index contributed by atoms with van der Waals surface area (Å²) in [6.45, 7) is 3.52. The summed E-state index contributed by atoms with van der Waals surface area (Å²) in [6, 6.07) is 4.93. The molecule has 2 fully saturated rings. The number of piperidine rings is 2. The van der Waals surface area contributed by atoms with Crippen LogP contribution in [0.25, 0.3) is 10.9 Å². The van der Waals surface area contributed by atoms with Gasteiger partial charge >= 0.3 is 0 Å². The van der Waals surface area contributed by atoms with Crippen molar-refractivity contribution in [3.63, 3.8) is 0 Å². The number of carbonyl (C=O) groups is 1. The number of nitrogens with zero attached hydrogens (tertiary/aromatic N) is 1. The van der Waals surface area contributed by atoms with Crippen LogP contribution in [0.5, 0.6) is 0 Å². The van der Waals surface area contributed by atoms with Crippen LogP contribution < -0.4 is 5.32 Å². The van der Waals surface area contributed by atoms with Crippen molar-refractivity contribution < 1.29 is 9.18 Å². The van der Waals surface area contributed by atoms with Crippen LogP contribution in [0.3, 0.4) is 0 Å². The van der Waals surface area contributed by atoms with Crippen molar-refractivity contribution >= 4 is 16.8 Å². The van der Waals surface area contributed by atoms with E-state index in [9.17, 15) is 9.18 Å². The molecule has 0 bridgehead atoms. The molecule has 4 rings (SSSR count). The maximum Gasteiger partial charge on any atom is 0.226 e. The van der Waals surface area contributed by atoms with Gasteiger partial charge in [-0.05, 0) is 61.9 Å². The third kappa shape index (κ3) is 2.93. The Balaban J connectivity index is 1.42. The molecule has 2 aromatic rings. The van der Waals surface area contributed by atoms with Gasteiger partial charge in [-0.3, -0.25) is 4.79 Å². The highest BCUT2D eigenvalue weighted by molar-refractivity contribution is 5.84. The van der Waals surface area contributed by atoms with Gasteiger partial charge in [0.25, 0.3) is 0 Å². The normalized spacial score (nSPS) is 22.9. The topological polar surface area (TPSA) is 48.1 Å². The van der Waals surface area contributed by atoms with Gasteiger partial charge in [0.1, 0.15) is 5.82 Å². The van der Waals surface area contributed by atoms with E-state index in [-0.39, 0.29) is 11.7 Å². The van der Waals surface area contributed by atoms with Crippen LogP contribution in [-0.4, -0.2) is 42.0 Å². The number of H-pyrrole nitrogens is 1. The van der Waals surface area contributed by atoms with Crippen molar-refractivity contribution in [3.05, 3.63) is 35.8 Å². The van der Waals surface area contributed by atoms with Crippen LogP contribution in [0.4, 0.5) is 4.39 Å². The monoisotopic (exact) mass is 329 g/mol. The summed E-state index contributed by atoms with van der Waals surface area (Å²) in [6.07, 6.45) is 6.09. The summed E-state index contributed by atoms with van der Waals surface area (Å²) >= 11 is 0. The molecule has 0 spiro atoms. The first-order valence-corrected chi connectivity index (χ1v) is 8.98. The number of benzene rings is 1. The van der Waals surface area contributed by atoms with Crippen LogP contribution in [0.2, 0.25) is 0 Å². The van der Waals surface area contributed by atoms with E-state index >= 15 is 0 Å². The van der Waals surface area contributed by atoms with Crippen molar-refractivity contribution in [1.29, 1.82) is 0 Å². The van der Waals surface area contributed by atoms with Crippen LogP contribution >= 0.6 is 0 Å². The van der Waals surface area contributed by atoms with E-state index in [4.69, 9.17) is 0 Å². The van der Waals surface area contributed by atoms with E-state index in [1.165, 1.54) is 11.6 Å². The lowest BCUT2D eigenvalue weighted by molar-refractivity contribution is -0.137. The lowest BCUT2D eigenvalue weighted by atomic mass is 9.88. The first kappa shape index (κ1) is 15.6. The second-order valence-electron chi connectivity index (χ2n) is 7.08. The number of aromatic nitrogens is 1. The number of likely N-dealkylation sites (tertiary alicyclic amines) is 1. The molecule has 1 amide bonds. The molecule has 2 N–H and O–H groups in total. The Bertz CT molecular complexity index is 727. The lowest BCUT2D eigenvalue weighted by Crippen LogP contribution is -2.45. The maximum atomic E-state index is 13.3. The number of nitrogens with one attached hydrogen (secondary N) is 2. The molecule has 0 aliphatic carbocycles. The predicted molar refractivity (Wildman–Crippen MR) is 92.4 cm³/mol. The van der Waals surface area contributed by atoms with Crippen molar-refractivity contribution in [2.75, 3.05) is 26.2 Å². The lowest BCUT2D eigenvalue weighted by Gasteiger charge is -2.35. The maximum absolute atomic E-state index is 13.3. The molecule has 4 nitrogen and oxygen atoms in total. The molecule has 1 unspecified atom stereocenters. The van der Waals surface area contributed by atoms with Crippen molar-refractivity contribution in [3.8, 4) is 0 Å². The Morgan fingerprint density at radius 2 is 2.04 bits per heavy atom. The summed E-state index contributed by atoms with van der Waals surface area (Å²) in [5, 5.41) is 4.44. The highest BCUT2D eigenvalue weighted by Gasteiger charge is 2.30. The minimum atomic E-state index is -0.211. The van der Waals surface area contributed by atoms with Gasteiger partial charge in [0.15, 0.2) is 0 Å². The van der Waals surface area contributed by atoms with E-state index in [0.717, 1.165) is 62.8 Å². The van der Waals surface area contributed by atoms with Crippen LogP contribution in [0.15, 0.2) is 24.4 Å². The highest BCUT2D eigenvalue weighted by Crippen LogP contribution is 2.34. The van der Waals surface area contributed by atoms with Gasteiger partial charge in [0.2, 0.25) is 5.91 Å². The van der Waals surface area contributed by atoms with Crippen molar-refractivity contribution in [2.45, 2.75) is 31.6 Å². The van der Waals surface area contributed by atoms with Gasteiger partial charge in [-0.2, -0.15) is 0 Å². The molecule has 2 saturated heterocycles. The van der Waals surface area contributed by atoms with E-state index in [2.05, 4.69) is 10.3 Å². The molecule has 3 heterocycles. The minimum absolute atomic E-state index is 0.159. The summed E-state index contributed by atoms with van der Waals surface area (Å²) < 4.78 is 13.3. The Kier molecular flexibility index (Phi) is 4.27. The van der Waals surface area contributed by atoms with E-state index in [1.54, 1.807) is 6.07 Å². The summed E-state index contributed by atoms with van der Waals surface area (Å²) in [7, 11) is 0. The summed E-state index contributed by atoms with van der Waals surface area (Å²) in [5.41, 5.74) is 2.12. The molecule has 128 valence electrons. The van der Waals surface area contributed by atoms with Crippen LogP contribution in [0, 0.1) is 11.7 Å². The van der Waals surface area contributed by atoms with Crippen LogP contribution in [-0.2, 0) is 4.79 Å². The van der Waals surface area contributed by atoms with Gasteiger partial charge in [-0.1, -0.05) is 0 Å². The van der Waals surface area contributed by atoms with Crippen molar-refractivity contribution in [2.24, 2.45) is 5.92 Å². The van der Waals surface area contributed by atoms with Gasteiger partial charge in [0.05, 0.1) is 5.92 Å². The number of halogens is 1. The quantitative estimate of drug-likeness (QED) is 0.890. The second-order valence-corrected chi connectivity index (χ2v) is 7.08. The second kappa shape index (κ2) is 6.55. The first-order chi connectivity index (χ1) is 11.7. The molecule has 24 heavy (non-hydrogen) atoms. The molecule has 1 aromatic carbocycles. The molecule has 5 heteroatoms. The number of fused-ring (bicyclic) bond motifs is 1. The largest absolute Gasteiger partial charge is 0.361 e. The van der Waals surface area contributed by atoms with E-state index in [1.807, 2.05) is 17.2 Å². The van der Waals surface area contributed by atoms with E-state index < -0.39 is 0 Å². The van der Waals surface area contributed by atoms with Crippen LogP contribution in [0.1, 0.15) is 37.2 Å². The molecule has 0 radical (unpaired) electrons. The zero-order valence-electron chi connectivity index (χ0n) is 13.9. The molecule has 2 aliphatic rings. The third-order valence-electron chi connectivity index (χ3n) is 5.57. The number of amides is 1. The fourth-order valence-corrected chi connectivity index (χ4v) is 4.19. The number of aromatic amines is 1. The zero-order valence-corrected chi connectivity index (χ0v) is 13.9. The average molecular weight is 329 g/mol. The fourth-order valence-electron chi connectivity index (χ4n) is 4.19. The Morgan fingerprint density at radius 1 is 1.21 bits per heavy atom. The molecule has 2 aliphatic heterocycles. The Hall–Kier alpha value is -1.88. The number of hydrogen-bond acceptors (Lipinski definition) is 2.